The van der Waals surface area contributed by atoms with Crippen molar-refractivity contribution in [2.24, 2.45) is 5.92 Å². The van der Waals surface area contributed by atoms with Crippen molar-refractivity contribution in [3.05, 3.63) is 42.2 Å². The highest BCUT2D eigenvalue weighted by Crippen LogP contribution is 2.17. The number of carbonyl (C=O) groups is 1. The summed E-state index contributed by atoms with van der Waals surface area (Å²) < 4.78 is 7.33. The van der Waals surface area contributed by atoms with Crippen molar-refractivity contribution in [3.8, 4) is 0 Å². The minimum Gasteiger partial charge on any atom is -0.378 e. The van der Waals surface area contributed by atoms with Gasteiger partial charge in [0, 0.05) is 43.3 Å². The van der Waals surface area contributed by atoms with Crippen LogP contribution in [0.3, 0.4) is 0 Å². The molecule has 2 heterocycles. The fourth-order valence-corrected chi connectivity index (χ4v) is 2.79. The van der Waals surface area contributed by atoms with Gasteiger partial charge in [0.15, 0.2) is 0 Å². The van der Waals surface area contributed by atoms with Crippen LogP contribution in [0.25, 0.3) is 0 Å². The number of ether oxygens (including phenoxy) is 1. The smallest absolute Gasteiger partial charge is 0.257 e. The Balaban J connectivity index is 1.66. The fourth-order valence-electron chi connectivity index (χ4n) is 2.79. The average Bonchev–Trinajstić information content (AvgIpc) is 3.02. The number of hydrogen-bond donors (Lipinski definition) is 1. The Morgan fingerprint density at radius 1 is 1.25 bits per heavy atom. The maximum absolute atomic E-state index is 12.4. The van der Waals surface area contributed by atoms with Gasteiger partial charge in [-0.2, -0.15) is 0 Å². The molecule has 1 aliphatic heterocycles. The van der Waals surface area contributed by atoms with Gasteiger partial charge < -0.3 is 14.2 Å². The Bertz CT molecular complexity index is 673. The Morgan fingerprint density at radius 3 is 2.62 bits per heavy atom. The zero-order valence-electron chi connectivity index (χ0n) is 14.2. The topological polar surface area (TPSA) is 59.4 Å². The largest absolute Gasteiger partial charge is 0.378 e. The summed E-state index contributed by atoms with van der Waals surface area (Å²) in [7, 11) is 0. The Kier molecular flexibility index (Phi) is 5.15. The van der Waals surface area contributed by atoms with E-state index in [4.69, 9.17) is 4.74 Å². The summed E-state index contributed by atoms with van der Waals surface area (Å²) in [5.41, 5.74) is 1.75. The fraction of sp³-hybridized carbons (Fsp3) is 0.444. The average molecular weight is 328 g/mol. The van der Waals surface area contributed by atoms with Crippen molar-refractivity contribution < 1.29 is 9.53 Å². The van der Waals surface area contributed by atoms with Crippen LogP contribution in [0.15, 0.2) is 36.7 Å². The van der Waals surface area contributed by atoms with E-state index in [1.807, 2.05) is 35.0 Å². The molecule has 2 aromatic rings. The van der Waals surface area contributed by atoms with Gasteiger partial charge in [0.1, 0.15) is 0 Å². The molecular formula is C18H24N4O2. The molecule has 6 heteroatoms. The predicted octanol–water partition coefficient (Wildman–Crippen LogP) is 2.63. The number of anilines is 2. The molecule has 0 bridgehead atoms. The van der Waals surface area contributed by atoms with E-state index in [0.717, 1.165) is 38.5 Å². The number of morpholine rings is 1. The molecule has 1 N–H and O–H groups in total. The lowest BCUT2D eigenvalue weighted by Gasteiger charge is -2.28. The maximum Gasteiger partial charge on any atom is 0.257 e. The summed E-state index contributed by atoms with van der Waals surface area (Å²) in [5.74, 6) is 0.938. The van der Waals surface area contributed by atoms with Crippen molar-refractivity contribution in [2.45, 2.75) is 20.4 Å². The summed E-state index contributed by atoms with van der Waals surface area (Å²) >= 11 is 0. The van der Waals surface area contributed by atoms with Crippen LogP contribution in [0.5, 0.6) is 0 Å². The predicted molar refractivity (Wildman–Crippen MR) is 94.5 cm³/mol. The van der Waals surface area contributed by atoms with E-state index < -0.39 is 0 Å². The number of aromatic nitrogens is 2. The number of nitrogens with zero attached hydrogens (tertiary/aromatic N) is 3. The number of imidazole rings is 1. The molecule has 0 radical (unpaired) electrons. The molecule has 0 atom stereocenters. The second-order valence-corrected chi connectivity index (χ2v) is 6.40. The van der Waals surface area contributed by atoms with E-state index >= 15 is 0 Å². The molecule has 0 spiro atoms. The Labute approximate surface area is 142 Å². The van der Waals surface area contributed by atoms with Crippen LogP contribution in [-0.4, -0.2) is 41.8 Å². The lowest BCUT2D eigenvalue weighted by Crippen LogP contribution is -2.36. The second-order valence-electron chi connectivity index (χ2n) is 6.40. The lowest BCUT2D eigenvalue weighted by atomic mass is 10.1. The molecule has 1 saturated heterocycles. The molecule has 1 aliphatic rings. The van der Waals surface area contributed by atoms with E-state index in [9.17, 15) is 4.79 Å². The lowest BCUT2D eigenvalue weighted by molar-refractivity contribution is 0.102. The quantitative estimate of drug-likeness (QED) is 0.916. The zero-order chi connectivity index (χ0) is 16.9. The van der Waals surface area contributed by atoms with Crippen LogP contribution in [0.1, 0.15) is 24.2 Å². The number of nitrogens with one attached hydrogen (secondary N) is 1. The molecule has 0 aliphatic carbocycles. The van der Waals surface area contributed by atoms with Crippen molar-refractivity contribution in [3.63, 3.8) is 0 Å². The van der Waals surface area contributed by atoms with Gasteiger partial charge in [0.25, 0.3) is 5.91 Å². The normalized spacial score (nSPS) is 14.9. The summed E-state index contributed by atoms with van der Waals surface area (Å²) in [5, 5.41) is 2.89. The van der Waals surface area contributed by atoms with Crippen LogP contribution in [0, 0.1) is 5.92 Å². The number of hydrogen-bond acceptors (Lipinski definition) is 4. The highest BCUT2D eigenvalue weighted by Gasteiger charge is 2.14. The van der Waals surface area contributed by atoms with Crippen molar-refractivity contribution in [2.75, 3.05) is 36.5 Å². The van der Waals surface area contributed by atoms with Gasteiger partial charge in [-0.3, -0.25) is 10.1 Å². The first-order valence-electron chi connectivity index (χ1n) is 8.39. The van der Waals surface area contributed by atoms with E-state index in [2.05, 4.69) is 29.0 Å². The first-order valence-corrected chi connectivity index (χ1v) is 8.39. The second kappa shape index (κ2) is 7.49. The number of benzene rings is 1. The van der Waals surface area contributed by atoms with Crippen LogP contribution in [0.4, 0.5) is 11.6 Å². The Morgan fingerprint density at radius 2 is 1.96 bits per heavy atom. The van der Waals surface area contributed by atoms with Gasteiger partial charge in [0.2, 0.25) is 5.95 Å². The minimum atomic E-state index is -0.139. The van der Waals surface area contributed by atoms with Crippen LogP contribution >= 0.6 is 0 Å². The van der Waals surface area contributed by atoms with Gasteiger partial charge in [-0.25, -0.2) is 4.98 Å². The third-order valence-corrected chi connectivity index (χ3v) is 4.01. The summed E-state index contributed by atoms with van der Waals surface area (Å²) in [6.45, 7) is 8.37. The van der Waals surface area contributed by atoms with Crippen molar-refractivity contribution in [1.29, 1.82) is 0 Å². The van der Waals surface area contributed by atoms with Gasteiger partial charge >= 0.3 is 0 Å². The highest BCUT2D eigenvalue weighted by atomic mass is 16.5. The molecule has 1 aromatic carbocycles. The summed E-state index contributed by atoms with van der Waals surface area (Å²) in [4.78, 5) is 18.9. The SMILES string of the molecule is CC(C)Cn1ccnc1NC(=O)c1ccc(N2CCOCC2)cc1. The molecular weight excluding hydrogens is 304 g/mol. The van der Waals surface area contributed by atoms with Gasteiger partial charge in [0.05, 0.1) is 13.2 Å². The highest BCUT2D eigenvalue weighted by molar-refractivity contribution is 6.03. The molecule has 1 aromatic heterocycles. The number of rotatable bonds is 5. The molecule has 6 nitrogen and oxygen atoms in total. The monoisotopic (exact) mass is 328 g/mol. The Hall–Kier alpha value is -2.34. The minimum absolute atomic E-state index is 0.139. The van der Waals surface area contributed by atoms with Crippen molar-refractivity contribution >= 4 is 17.5 Å². The third kappa shape index (κ3) is 3.94. The summed E-state index contributed by atoms with van der Waals surface area (Å²) in [6.07, 6.45) is 3.59. The van der Waals surface area contributed by atoms with Gasteiger partial charge in [-0.15, -0.1) is 0 Å². The van der Waals surface area contributed by atoms with Gasteiger partial charge in [-0.1, -0.05) is 13.8 Å². The zero-order valence-corrected chi connectivity index (χ0v) is 14.2. The standard InChI is InChI=1S/C18H24N4O2/c1-14(2)13-22-8-7-19-18(22)20-17(23)15-3-5-16(6-4-15)21-9-11-24-12-10-21/h3-8,14H,9-13H2,1-2H3,(H,19,20,23). The van der Waals surface area contributed by atoms with Gasteiger partial charge in [-0.05, 0) is 30.2 Å². The molecule has 3 rings (SSSR count). The molecule has 128 valence electrons. The third-order valence-electron chi connectivity index (χ3n) is 4.01. The first-order chi connectivity index (χ1) is 11.6. The van der Waals surface area contributed by atoms with E-state index in [0.29, 0.717) is 17.4 Å². The van der Waals surface area contributed by atoms with E-state index in [1.165, 1.54) is 0 Å². The maximum atomic E-state index is 12.4. The number of carbonyl (C=O) groups excluding carboxylic acids is 1. The number of amides is 1. The van der Waals surface area contributed by atoms with Crippen LogP contribution < -0.4 is 10.2 Å². The van der Waals surface area contributed by atoms with E-state index in [1.54, 1.807) is 6.20 Å². The molecule has 0 unspecified atom stereocenters. The first kappa shape index (κ1) is 16.5. The summed E-state index contributed by atoms with van der Waals surface area (Å²) in [6, 6.07) is 7.69. The van der Waals surface area contributed by atoms with Crippen LogP contribution in [0.2, 0.25) is 0 Å². The molecule has 24 heavy (non-hydrogen) atoms. The van der Waals surface area contributed by atoms with Crippen LogP contribution in [-0.2, 0) is 11.3 Å². The molecule has 0 saturated carbocycles. The van der Waals surface area contributed by atoms with E-state index in [-0.39, 0.29) is 5.91 Å². The molecule has 1 amide bonds. The van der Waals surface area contributed by atoms with Crippen molar-refractivity contribution in [1.82, 2.24) is 9.55 Å². The molecule has 1 fully saturated rings.